The maximum atomic E-state index is 11.0. The highest BCUT2D eigenvalue weighted by molar-refractivity contribution is 6.16. The molecule has 0 unspecified atom stereocenters. The highest BCUT2D eigenvalue weighted by atomic mass is 35.5. The van der Waals surface area contributed by atoms with Crippen LogP contribution in [0, 0.1) is 17.0 Å². The standard InChI is InChI=1S/C13H13ClN4O2/c1-8-2-3-9(6-11(8)18(19)20)13-16-15-12(7-14)17(13)10-4-5-10/h2-3,6,10H,4-5,7H2,1H3. The third-order valence-electron chi connectivity index (χ3n) is 3.46. The van der Waals surface area contributed by atoms with Gasteiger partial charge in [0, 0.05) is 23.2 Å². The molecule has 20 heavy (non-hydrogen) atoms. The summed E-state index contributed by atoms with van der Waals surface area (Å²) in [5, 5.41) is 19.3. The molecule has 0 aliphatic heterocycles. The summed E-state index contributed by atoms with van der Waals surface area (Å²) in [5.41, 5.74) is 1.44. The predicted octanol–water partition coefficient (Wildman–Crippen LogP) is 3.24. The lowest BCUT2D eigenvalue weighted by Crippen LogP contribution is -2.02. The molecule has 104 valence electrons. The van der Waals surface area contributed by atoms with Crippen LogP contribution in [0.5, 0.6) is 0 Å². The van der Waals surface area contributed by atoms with Crippen LogP contribution in [0.1, 0.15) is 30.3 Å². The number of alkyl halides is 1. The Balaban J connectivity index is 2.11. The highest BCUT2D eigenvalue weighted by Crippen LogP contribution is 2.39. The van der Waals surface area contributed by atoms with Crippen LogP contribution in [0.3, 0.4) is 0 Å². The molecule has 0 amide bonds. The van der Waals surface area contributed by atoms with Crippen LogP contribution in [-0.2, 0) is 5.88 Å². The molecule has 1 aromatic carbocycles. The molecule has 6 nitrogen and oxygen atoms in total. The van der Waals surface area contributed by atoms with Crippen LogP contribution in [-0.4, -0.2) is 19.7 Å². The van der Waals surface area contributed by atoms with Gasteiger partial charge in [0.25, 0.3) is 5.69 Å². The van der Waals surface area contributed by atoms with Gasteiger partial charge < -0.3 is 4.57 Å². The Morgan fingerprint density at radius 3 is 2.80 bits per heavy atom. The fourth-order valence-electron chi connectivity index (χ4n) is 2.27. The SMILES string of the molecule is Cc1ccc(-c2nnc(CCl)n2C2CC2)cc1[N+](=O)[O-]. The minimum atomic E-state index is -0.376. The van der Waals surface area contributed by atoms with Crippen molar-refractivity contribution < 1.29 is 4.92 Å². The van der Waals surface area contributed by atoms with Gasteiger partial charge in [-0.1, -0.05) is 12.1 Å². The van der Waals surface area contributed by atoms with Crippen LogP contribution < -0.4 is 0 Å². The van der Waals surface area contributed by atoms with Gasteiger partial charge in [0.15, 0.2) is 5.82 Å². The molecule has 1 aromatic heterocycles. The number of nitro groups is 1. The van der Waals surface area contributed by atoms with E-state index in [1.165, 1.54) is 0 Å². The lowest BCUT2D eigenvalue weighted by molar-refractivity contribution is -0.385. The number of rotatable bonds is 4. The van der Waals surface area contributed by atoms with Gasteiger partial charge in [0.2, 0.25) is 0 Å². The Kier molecular flexibility index (Phi) is 3.17. The Bertz CT molecular complexity index is 679. The molecule has 1 fully saturated rings. The first-order chi connectivity index (χ1) is 9.61. The Hall–Kier alpha value is -1.95. The fraction of sp³-hybridized carbons (Fsp3) is 0.385. The summed E-state index contributed by atoms with van der Waals surface area (Å²) in [4.78, 5) is 10.7. The molecule has 0 bridgehead atoms. The first kappa shape index (κ1) is 13.1. The Morgan fingerprint density at radius 1 is 1.45 bits per heavy atom. The monoisotopic (exact) mass is 292 g/mol. The molecule has 1 aliphatic rings. The van der Waals surface area contributed by atoms with E-state index < -0.39 is 0 Å². The number of hydrogen-bond acceptors (Lipinski definition) is 4. The summed E-state index contributed by atoms with van der Waals surface area (Å²) in [6, 6.07) is 5.49. The van der Waals surface area contributed by atoms with E-state index in [1.54, 1.807) is 19.1 Å². The maximum Gasteiger partial charge on any atom is 0.273 e. The second-order valence-electron chi connectivity index (χ2n) is 4.93. The Morgan fingerprint density at radius 2 is 2.20 bits per heavy atom. The van der Waals surface area contributed by atoms with E-state index in [4.69, 9.17) is 11.6 Å². The van der Waals surface area contributed by atoms with Gasteiger partial charge in [-0.25, -0.2) is 0 Å². The maximum absolute atomic E-state index is 11.0. The summed E-state index contributed by atoms with van der Waals surface area (Å²) >= 11 is 5.88. The molecule has 1 aliphatic carbocycles. The largest absolute Gasteiger partial charge is 0.307 e. The minimum absolute atomic E-state index is 0.0975. The molecule has 3 rings (SSSR count). The summed E-state index contributed by atoms with van der Waals surface area (Å²) in [5.74, 6) is 1.66. The number of aryl methyl sites for hydroxylation is 1. The van der Waals surface area contributed by atoms with Crippen molar-refractivity contribution in [2.45, 2.75) is 31.7 Å². The van der Waals surface area contributed by atoms with Crippen LogP contribution in [0.4, 0.5) is 5.69 Å². The van der Waals surface area contributed by atoms with E-state index in [0.29, 0.717) is 28.8 Å². The first-order valence-corrected chi connectivity index (χ1v) is 6.90. The van der Waals surface area contributed by atoms with Gasteiger partial charge >= 0.3 is 0 Å². The number of hydrogen-bond donors (Lipinski definition) is 0. The Labute approximate surface area is 120 Å². The number of nitro benzene ring substituents is 1. The summed E-state index contributed by atoms with van der Waals surface area (Å²) < 4.78 is 2.00. The van der Waals surface area contributed by atoms with Crippen molar-refractivity contribution in [3.63, 3.8) is 0 Å². The van der Waals surface area contributed by atoms with Crippen molar-refractivity contribution in [3.8, 4) is 11.4 Å². The van der Waals surface area contributed by atoms with Crippen molar-refractivity contribution in [3.05, 3.63) is 39.7 Å². The molecule has 0 radical (unpaired) electrons. The third-order valence-corrected chi connectivity index (χ3v) is 3.70. The van der Waals surface area contributed by atoms with Crippen molar-refractivity contribution in [1.29, 1.82) is 0 Å². The van der Waals surface area contributed by atoms with Crippen molar-refractivity contribution >= 4 is 17.3 Å². The zero-order valence-corrected chi connectivity index (χ0v) is 11.7. The minimum Gasteiger partial charge on any atom is -0.307 e. The number of nitrogens with zero attached hydrogens (tertiary/aromatic N) is 4. The smallest absolute Gasteiger partial charge is 0.273 e. The van der Waals surface area contributed by atoms with Gasteiger partial charge in [-0.15, -0.1) is 21.8 Å². The highest BCUT2D eigenvalue weighted by Gasteiger charge is 2.30. The number of halogens is 1. The zero-order valence-electron chi connectivity index (χ0n) is 10.9. The quantitative estimate of drug-likeness (QED) is 0.492. The van der Waals surface area contributed by atoms with E-state index in [9.17, 15) is 10.1 Å². The molecular weight excluding hydrogens is 280 g/mol. The topological polar surface area (TPSA) is 73.8 Å². The molecule has 0 N–H and O–H groups in total. The van der Waals surface area contributed by atoms with Gasteiger partial charge in [0.05, 0.1) is 10.8 Å². The molecule has 0 saturated heterocycles. The lowest BCUT2D eigenvalue weighted by Gasteiger charge is -2.08. The van der Waals surface area contributed by atoms with Crippen LogP contribution in [0.2, 0.25) is 0 Å². The third kappa shape index (κ3) is 2.16. The molecule has 7 heteroatoms. The first-order valence-electron chi connectivity index (χ1n) is 6.37. The van der Waals surface area contributed by atoms with Gasteiger partial charge in [-0.3, -0.25) is 10.1 Å². The second kappa shape index (κ2) is 4.86. The predicted molar refractivity (Wildman–Crippen MR) is 74.7 cm³/mol. The summed E-state index contributed by atoms with van der Waals surface area (Å²) in [6.45, 7) is 1.72. The van der Waals surface area contributed by atoms with E-state index in [1.807, 2.05) is 10.6 Å². The molecule has 0 atom stereocenters. The van der Waals surface area contributed by atoms with Crippen molar-refractivity contribution in [2.75, 3.05) is 0 Å². The normalized spacial score (nSPS) is 14.5. The average molecular weight is 293 g/mol. The molecule has 0 spiro atoms. The lowest BCUT2D eigenvalue weighted by atomic mass is 10.1. The fourth-order valence-corrected chi connectivity index (χ4v) is 2.46. The second-order valence-corrected chi connectivity index (χ2v) is 5.20. The van der Waals surface area contributed by atoms with Gasteiger partial charge in [-0.2, -0.15) is 0 Å². The number of benzene rings is 1. The van der Waals surface area contributed by atoms with Gasteiger partial charge in [-0.05, 0) is 19.8 Å². The number of aromatic nitrogens is 3. The van der Waals surface area contributed by atoms with Crippen molar-refractivity contribution in [2.24, 2.45) is 0 Å². The molecule has 1 saturated carbocycles. The van der Waals surface area contributed by atoms with E-state index in [0.717, 1.165) is 12.8 Å². The van der Waals surface area contributed by atoms with Crippen molar-refractivity contribution in [1.82, 2.24) is 14.8 Å². The molecule has 1 heterocycles. The summed E-state index contributed by atoms with van der Waals surface area (Å²) in [7, 11) is 0. The van der Waals surface area contributed by atoms with Crippen LogP contribution in [0.15, 0.2) is 18.2 Å². The van der Waals surface area contributed by atoms with E-state index in [-0.39, 0.29) is 16.5 Å². The van der Waals surface area contributed by atoms with Gasteiger partial charge in [0.1, 0.15) is 5.82 Å². The molecular formula is C13H13ClN4O2. The van der Waals surface area contributed by atoms with E-state index in [2.05, 4.69) is 10.2 Å². The average Bonchev–Trinajstić information content (AvgIpc) is 3.18. The zero-order chi connectivity index (χ0) is 14.3. The molecule has 2 aromatic rings. The van der Waals surface area contributed by atoms with E-state index >= 15 is 0 Å². The van der Waals surface area contributed by atoms with Crippen LogP contribution in [0.25, 0.3) is 11.4 Å². The van der Waals surface area contributed by atoms with Crippen LogP contribution >= 0.6 is 11.6 Å². The summed E-state index contributed by atoms with van der Waals surface area (Å²) in [6.07, 6.45) is 2.14.